The molecule has 132 valence electrons. The number of benzene rings is 2. The van der Waals surface area contributed by atoms with Gasteiger partial charge in [0.05, 0.1) is 10.5 Å². The lowest BCUT2D eigenvalue weighted by molar-refractivity contribution is 0.0950. The fraction of sp³-hybridized carbons (Fsp3) is 0.150. The van der Waals surface area contributed by atoms with Crippen molar-refractivity contribution in [2.75, 3.05) is 6.54 Å². The van der Waals surface area contributed by atoms with E-state index in [1.807, 2.05) is 43.3 Å². The zero-order chi connectivity index (χ0) is 18.3. The van der Waals surface area contributed by atoms with Gasteiger partial charge in [-0.25, -0.2) is 0 Å². The second kappa shape index (κ2) is 6.71. The van der Waals surface area contributed by atoms with Crippen LogP contribution in [0.3, 0.4) is 0 Å². The maximum Gasteiger partial charge on any atom is 0.267 e. The van der Waals surface area contributed by atoms with Gasteiger partial charge < -0.3 is 15.3 Å². The first-order chi connectivity index (χ1) is 12.5. The lowest BCUT2D eigenvalue weighted by Gasteiger charge is -2.05. The van der Waals surface area contributed by atoms with Gasteiger partial charge >= 0.3 is 0 Å². The molecule has 0 aliphatic carbocycles. The zero-order valence-corrected chi connectivity index (χ0v) is 15.6. The number of fused-ring (bicyclic) bond motifs is 2. The van der Waals surface area contributed by atoms with Gasteiger partial charge in [0, 0.05) is 33.6 Å². The normalized spacial score (nSPS) is 11.3. The summed E-state index contributed by atoms with van der Waals surface area (Å²) in [5.74, 6) is -0.132. The molecule has 1 amide bonds. The molecule has 4 rings (SSSR count). The summed E-state index contributed by atoms with van der Waals surface area (Å²) in [5, 5.41) is 6.35. The molecule has 0 fully saturated rings. The predicted octanol–water partition coefficient (Wildman–Crippen LogP) is 5.24. The van der Waals surface area contributed by atoms with Gasteiger partial charge in [-0.3, -0.25) is 4.79 Å². The predicted molar refractivity (Wildman–Crippen MR) is 107 cm³/mol. The number of rotatable bonds is 4. The van der Waals surface area contributed by atoms with Gasteiger partial charge in [-0.05, 0) is 49.2 Å². The Morgan fingerprint density at radius 3 is 2.81 bits per heavy atom. The van der Waals surface area contributed by atoms with Gasteiger partial charge in [-0.1, -0.05) is 35.3 Å². The summed E-state index contributed by atoms with van der Waals surface area (Å²) in [6.45, 7) is 2.56. The number of hydrogen-bond donors (Lipinski definition) is 3. The van der Waals surface area contributed by atoms with E-state index in [4.69, 9.17) is 23.2 Å². The topological polar surface area (TPSA) is 60.7 Å². The number of aryl methyl sites for hydroxylation is 1. The SMILES string of the molecule is Cc1[nH]c2c(Cl)cccc2c1CCNC(=O)c1cc2cc(Cl)ccc2[nH]1. The molecule has 6 heteroatoms. The summed E-state index contributed by atoms with van der Waals surface area (Å²) in [5.41, 5.74) is 4.61. The Labute approximate surface area is 160 Å². The maximum absolute atomic E-state index is 12.4. The summed E-state index contributed by atoms with van der Waals surface area (Å²) in [6.07, 6.45) is 0.726. The van der Waals surface area contributed by atoms with E-state index in [2.05, 4.69) is 15.3 Å². The minimum atomic E-state index is -0.132. The fourth-order valence-electron chi connectivity index (χ4n) is 3.31. The van der Waals surface area contributed by atoms with E-state index in [-0.39, 0.29) is 5.91 Å². The summed E-state index contributed by atoms with van der Waals surface area (Å²) in [6, 6.07) is 13.2. The van der Waals surface area contributed by atoms with Crippen molar-refractivity contribution >= 4 is 50.9 Å². The van der Waals surface area contributed by atoms with Crippen molar-refractivity contribution in [2.24, 2.45) is 0 Å². The Balaban J connectivity index is 1.48. The monoisotopic (exact) mass is 385 g/mol. The largest absolute Gasteiger partial charge is 0.357 e. The van der Waals surface area contributed by atoms with Crippen LogP contribution in [0.1, 0.15) is 21.7 Å². The molecule has 0 bridgehead atoms. The van der Waals surface area contributed by atoms with Crippen LogP contribution in [-0.2, 0) is 6.42 Å². The van der Waals surface area contributed by atoms with Crippen LogP contribution in [0, 0.1) is 6.92 Å². The maximum atomic E-state index is 12.4. The molecule has 0 aliphatic rings. The van der Waals surface area contributed by atoms with Gasteiger partial charge in [-0.2, -0.15) is 0 Å². The number of carbonyl (C=O) groups is 1. The number of para-hydroxylation sites is 1. The number of aromatic nitrogens is 2. The first-order valence-electron chi connectivity index (χ1n) is 8.35. The molecule has 0 saturated heterocycles. The number of H-pyrrole nitrogens is 2. The van der Waals surface area contributed by atoms with Crippen LogP contribution in [0.25, 0.3) is 21.8 Å². The Kier molecular flexibility index (Phi) is 4.39. The average molecular weight is 386 g/mol. The van der Waals surface area contributed by atoms with E-state index in [1.54, 1.807) is 6.07 Å². The van der Waals surface area contributed by atoms with Crippen molar-refractivity contribution in [3.05, 3.63) is 69.5 Å². The van der Waals surface area contributed by atoms with Crippen molar-refractivity contribution in [2.45, 2.75) is 13.3 Å². The highest BCUT2D eigenvalue weighted by Crippen LogP contribution is 2.28. The molecule has 0 spiro atoms. The van der Waals surface area contributed by atoms with Gasteiger partial charge in [0.2, 0.25) is 0 Å². The quantitative estimate of drug-likeness (QED) is 0.442. The third-order valence-corrected chi connectivity index (χ3v) is 5.14. The van der Waals surface area contributed by atoms with E-state index >= 15 is 0 Å². The third-order valence-electron chi connectivity index (χ3n) is 4.59. The van der Waals surface area contributed by atoms with E-state index in [0.717, 1.165) is 33.9 Å². The number of aromatic amines is 2. The number of hydrogen-bond acceptors (Lipinski definition) is 1. The van der Waals surface area contributed by atoms with Gasteiger partial charge in [-0.15, -0.1) is 0 Å². The molecule has 0 aliphatic heterocycles. The van der Waals surface area contributed by atoms with E-state index in [9.17, 15) is 4.79 Å². The van der Waals surface area contributed by atoms with Crippen LogP contribution in [0.5, 0.6) is 0 Å². The molecular weight excluding hydrogens is 369 g/mol. The first-order valence-corrected chi connectivity index (χ1v) is 9.10. The molecule has 4 aromatic rings. The summed E-state index contributed by atoms with van der Waals surface area (Å²) >= 11 is 12.2. The summed E-state index contributed by atoms with van der Waals surface area (Å²) in [7, 11) is 0. The van der Waals surface area contributed by atoms with E-state index in [1.165, 1.54) is 5.56 Å². The highest BCUT2D eigenvalue weighted by atomic mass is 35.5. The van der Waals surface area contributed by atoms with Crippen molar-refractivity contribution in [3.8, 4) is 0 Å². The standard InChI is InChI=1S/C20H17Cl2N3O/c1-11-14(15-3-2-4-16(22)19(15)24-11)7-8-23-20(26)18-10-12-9-13(21)5-6-17(12)25-18/h2-6,9-10,24-25H,7-8H2,1H3,(H,23,26). The Bertz CT molecular complexity index is 1130. The van der Waals surface area contributed by atoms with Gasteiger partial charge in [0.15, 0.2) is 0 Å². The Morgan fingerprint density at radius 1 is 1.12 bits per heavy atom. The molecule has 0 radical (unpaired) electrons. The molecule has 2 heterocycles. The highest BCUT2D eigenvalue weighted by Gasteiger charge is 2.12. The van der Waals surface area contributed by atoms with Crippen LogP contribution < -0.4 is 5.32 Å². The van der Waals surface area contributed by atoms with Crippen LogP contribution >= 0.6 is 23.2 Å². The summed E-state index contributed by atoms with van der Waals surface area (Å²) in [4.78, 5) is 18.9. The molecule has 0 unspecified atom stereocenters. The molecular formula is C20H17Cl2N3O. The van der Waals surface area contributed by atoms with Gasteiger partial charge in [0.1, 0.15) is 5.69 Å². The molecule has 2 aromatic heterocycles. The van der Waals surface area contributed by atoms with Crippen LogP contribution in [0.15, 0.2) is 42.5 Å². The molecule has 4 nitrogen and oxygen atoms in total. The summed E-state index contributed by atoms with van der Waals surface area (Å²) < 4.78 is 0. The van der Waals surface area contributed by atoms with Crippen molar-refractivity contribution < 1.29 is 4.79 Å². The molecule has 0 saturated carbocycles. The van der Waals surface area contributed by atoms with Crippen molar-refractivity contribution in [3.63, 3.8) is 0 Å². The van der Waals surface area contributed by atoms with E-state index < -0.39 is 0 Å². The fourth-order valence-corrected chi connectivity index (χ4v) is 3.71. The van der Waals surface area contributed by atoms with E-state index in [0.29, 0.717) is 22.3 Å². The number of nitrogens with one attached hydrogen (secondary N) is 3. The molecule has 26 heavy (non-hydrogen) atoms. The third kappa shape index (κ3) is 3.06. The number of carbonyl (C=O) groups excluding carboxylic acids is 1. The molecule has 0 atom stereocenters. The van der Waals surface area contributed by atoms with Crippen molar-refractivity contribution in [1.29, 1.82) is 0 Å². The van der Waals surface area contributed by atoms with Crippen molar-refractivity contribution in [1.82, 2.24) is 15.3 Å². The first kappa shape index (κ1) is 17.0. The highest BCUT2D eigenvalue weighted by molar-refractivity contribution is 6.35. The van der Waals surface area contributed by atoms with Crippen LogP contribution in [0.4, 0.5) is 0 Å². The zero-order valence-electron chi connectivity index (χ0n) is 14.1. The lowest BCUT2D eigenvalue weighted by atomic mass is 10.1. The van der Waals surface area contributed by atoms with Crippen LogP contribution in [0.2, 0.25) is 10.0 Å². The van der Waals surface area contributed by atoms with Gasteiger partial charge in [0.25, 0.3) is 5.91 Å². The smallest absolute Gasteiger partial charge is 0.267 e. The second-order valence-corrected chi connectivity index (χ2v) is 7.16. The Morgan fingerprint density at radius 2 is 1.96 bits per heavy atom. The van der Waals surface area contributed by atoms with Crippen LogP contribution in [-0.4, -0.2) is 22.4 Å². The minimum absolute atomic E-state index is 0.132. The molecule has 3 N–H and O–H groups in total. The minimum Gasteiger partial charge on any atom is -0.357 e. The molecule has 2 aromatic carbocycles. The average Bonchev–Trinajstić information content (AvgIpc) is 3.17. The lowest BCUT2D eigenvalue weighted by Crippen LogP contribution is -2.26. The Hall–Kier alpha value is -2.43. The number of halogens is 2. The number of amides is 1. The second-order valence-electron chi connectivity index (χ2n) is 6.31.